The van der Waals surface area contributed by atoms with Crippen molar-refractivity contribution in [3.05, 3.63) is 70.7 Å². The second kappa shape index (κ2) is 6.43. The van der Waals surface area contributed by atoms with Crippen LogP contribution in [0.15, 0.2) is 48.7 Å². The molecule has 1 aromatic heterocycles. The number of pyridine rings is 1. The third-order valence-corrected chi connectivity index (χ3v) is 3.93. The number of benzene rings is 1. The Hall–Kier alpha value is -2.78. The topological polar surface area (TPSA) is 36.2 Å². The summed E-state index contributed by atoms with van der Waals surface area (Å²) in [6.07, 6.45) is -8.78. The molecule has 0 N–H and O–H groups in total. The zero-order valence-electron chi connectivity index (χ0n) is 13.2. The molecule has 0 aliphatic carbocycles. The van der Waals surface area contributed by atoms with Crippen molar-refractivity contribution < 1.29 is 40.2 Å². The van der Waals surface area contributed by atoms with Gasteiger partial charge < -0.3 is 9.94 Å². The molecule has 10 heteroatoms. The van der Waals surface area contributed by atoms with E-state index in [2.05, 4.69) is 0 Å². The Bertz CT molecular complexity index is 893. The molecule has 3 nitrogen and oxygen atoms in total. The monoisotopic (exact) mass is 393 g/mol. The number of alkyl halides is 7. The van der Waals surface area contributed by atoms with Crippen LogP contribution in [0.4, 0.5) is 30.7 Å². The summed E-state index contributed by atoms with van der Waals surface area (Å²) in [5.74, 6) is -5.50. The second-order valence-corrected chi connectivity index (χ2v) is 5.69. The van der Waals surface area contributed by atoms with Crippen LogP contribution in [0.2, 0.25) is 0 Å². The van der Waals surface area contributed by atoms with E-state index in [1.54, 1.807) is 0 Å². The lowest BCUT2D eigenvalue weighted by Gasteiger charge is -2.26. The Kier molecular flexibility index (Phi) is 4.52. The summed E-state index contributed by atoms with van der Waals surface area (Å²) in [6, 6.07) is 5.66. The minimum Gasteiger partial charge on any atom is -0.618 e. The highest BCUT2D eigenvalue weighted by Crippen LogP contribution is 2.46. The van der Waals surface area contributed by atoms with Gasteiger partial charge in [0, 0.05) is 23.3 Å². The molecule has 1 aromatic carbocycles. The van der Waals surface area contributed by atoms with Gasteiger partial charge in [-0.1, -0.05) is 0 Å². The minimum atomic E-state index is -5.85. The minimum absolute atomic E-state index is 0.194. The fourth-order valence-corrected chi connectivity index (χ4v) is 2.62. The van der Waals surface area contributed by atoms with Gasteiger partial charge in [-0.25, -0.2) is 8.78 Å². The van der Waals surface area contributed by atoms with Crippen LogP contribution in [0, 0.1) is 5.21 Å². The average molecular weight is 393 g/mol. The molecule has 0 saturated carbocycles. The van der Waals surface area contributed by atoms with Crippen LogP contribution in [-0.4, -0.2) is 18.7 Å². The van der Waals surface area contributed by atoms with Gasteiger partial charge in [0.05, 0.1) is 5.57 Å². The smallest absolute Gasteiger partial charge is 0.458 e. The fourth-order valence-electron chi connectivity index (χ4n) is 2.62. The van der Waals surface area contributed by atoms with E-state index < -0.39 is 30.2 Å². The zero-order valence-corrected chi connectivity index (χ0v) is 13.2. The van der Waals surface area contributed by atoms with Crippen LogP contribution in [-0.2, 0) is 5.92 Å². The Balaban J connectivity index is 2.20. The number of rotatable bonds is 3. The van der Waals surface area contributed by atoms with Gasteiger partial charge >= 0.3 is 12.1 Å². The molecule has 144 valence electrons. The molecule has 2 aromatic rings. The molecule has 1 atom stereocenters. The first kappa shape index (κ1) is 19.0. The summed E-state index contributed by atoms with van der Waals surface area (Å²) in [6.45, 7) is 0. The summed E-state index contributed by atoms with van der Waals surface area (Å²) < 4.78 is 96.8. The maximum absolute atomic E-state index is 13.7. The highest BCUT2D eigenvalue weighted by atomic mass is 19.4. The summed E-state index contributed by atoms with van der Waals surface area (Å²) in [5.41, 5.74) is -2.13. The van der Waals surface area contributed by atoms with Gasteiger partial charge in [0.15, 0.2) is 12.3 Å². The van der Waals surface area contributed by atoms with Crippen molar-refractivity contribution in [2.45, 2.75) is 24.6 Å². The van der Waals surface area contributed by atoms with Crippen LogP contribution in [0.1, 0.15) is 16.8 Å². The van der Waals surface area contributed by atoms with Crippen molar-refractivity contribution >= 4 is 5.57 Å². The Labute approximate surface area is 147 Å². The Morgan fingerprint density at radius 3 is 2.33 bits per heavy atom. The Morgan fingerprint density at radius 1 is 1.04 bits per heavy atom. The third-order valence-electron chi connectivity index (χ3n) is 3.93. The van der Waals surface area contributed by atoms with Crippen LogP contribution >= 0.6 is 0 Å². The number of fused-ring (bicyclic) bond motifs is 1. The number of nitrogens with zero attached hydrogens (tertiary/aromatic N) is 1. The molecule has 1 aliphatic rings. The predicted octanol–water partition coefficient (Wildman–Crippen LogP) is 4.43. The molecular formula is C17H10F7NO2. The molecule has 1 unspecified atom stereocenters. The molecule has 27 heavy (non-hydrogen) atoms. The molecule has 0 bridgehead atoms. The van der Waals surface area contributed by atoms with E-state index in [0.717, 1.165) is 18.3 Å². The van der Waals surface area contributed by atoms with Crippen molar-refractivity contribution in [1.29, 1.82) is 0 Å². The highest BCUT2D eigenvalue weighted by molar-refractivity contribution is 5.82. The number of hydrogen-bond acceptors (Lipinski definition) is 2. The van der Waals surface area contributed by atoms with E-state index in [4.69, 9.17) is 4.74 Å². The zero-order chi connectivity index (χ0) is 20.0. The van der Waals surface area contributed by atoms with Crippen molar-refractivity contribution in [2.75, 3.05) is 0 Å². The third kappa shape index (κ3) is 3.31. The predicted molar refractivity (Wildman–Crippen MR) is 79.3 cm³/mol. The van der Waals surface area contributed by atoms with Gasteiger partial charge in [-0.05, 0) is 30.3 Å². The van der Waals surface area contributed by atoms with Crippen molar-refractivity contribution in [1.82, 2.24) is 0 Å². The van der Waals surface area contributed by atoms with Gasteiger partial charge in [-0.2, -0.15) is 26.7 Å². The largest absolute Gasteiger partial charge is 0.618 e. The number of ether oxygens (including phenoxy) is 1. The SMILES string of the molecule is [O-][n+]1ccccc1C1=CC(C(F)F)Oc2ccc(C(F)(F)C(F)(F)F)cc21. The first-order chi connectivity index (χ1) is 12.5. The van der Waals surface area contributed by atoms with Gasteiger partial charge in [0.2, 0.25) is 5.69 Å². The lowest BCUT2D eigenvalue weighted by molar-refractivity contribution is -0.608. The molecule has 2 heterocycles. The second-order valence-electron chi connectivity index (χ2n) is 5.69. The van der Waals surface area contributed by atoms with Crippen molar-refractivity contribution in [3.63, 3.8) is 0 Å². The van der Waals surface area contributed by atoms with Gasteiger partial charge in [-0.3, -0.25) is 0 Å². The maximum atomic E-state index is 13.7. The summed E-state index contributed by atoms with van der Waals surface area (Å²) in [7, 11) is 0. The number of halogens is 7. The molecule has 0 saturated heterocycles. The van der Waals surface area contributed by atoms with Gasteiger partial charge in [-0.15, -0.1) is 0 Å². The summed E-state index contributed by atoms with van der Waals surface area (Å²) >= 11 is 0. The summed E-state index contributed by atoms with van der Waals surface area (Å²) in [4.78, 5) is 0. The van der Waals surface area contributed by atoms with Gasteiger partial charge in [0.1, 0.15) is 5.75 Å². The fraction of sp³-hybridized carbons (Fsp3) is 0.235. The lowest BCUT2D eigenvalue weighted by Crippen LogP contribution is -2.35. The quantitative estimate of drug-likeness (QED) is 0.440. The maximum Gasteiger partial charge on any atom is 0.458 e. The highest BCUT2D eigenvalue weighted by Gasteiger charge is 2.58. The van der Waals surface area contributed by atoms with Crippen LogP contribution in [0.25, 0.3) is 5.57 Å². The standard InChI is InChI=1S/C17H10F7NO2/c18-15(19)14-8-10(12-3-1-2-6-25(12)26)11-7-9(4-5-13(11)27-14)16(20,21)17(22,23)24/h1-8,14-15H. The van der Waals surface area contributed by atoms with Crippen molar-refractivity contribution in [3.8, 4) is 5.75 Å². The van der Waals surface area contributed by atoms with Crippen LogP contribution in [0.3, 0.4) is 0 Å². The lowest BCUT2D eigenvalue weighted by atomic mass is 9.93. The van der Waals surface area contributed by atoms with Crippen LogP contribution < -0.4 is 9.47 Å². The normalized spacial score (nSPS) is 17.3. The first-order valence-electron chi connectivity index (χ1n) is 7.47. The van der Waals surface area contributed by atoms with E-state index in [9.17, 15) is 35.9 Å². The Morgan fingerprint density at radius 2 is 1.74 bits per heavy atom. The molecule has 0 spiro atoms. The first-order valence-corrected chi connectivity index (χ1v) is 7.47. The summed E-state index contributed by atoms with van der Waals surface area (Å²) in [5, 5.41) is 12.0. The number of hydrogen-bond donors (Lipinski definition) is 0. The van der Waals surface area contributed by atoms with E-state index in [0.29, 0.717) is 12.1 Å². The van der Waals surface area contributed by atoms with Crippen molar-refractivity contribution in [2.24, 2.45) is 0 Å². The molecule has 0 radical (unpaired) electrons. The van der Waals surface area contributed by atoms with E-state index in [-0.39, 0.29) is 27.3 Å². The molecule has 3 rings (SSSR count). The molecule has 0 amide bonds. The van der Waals surface area contributed by atoms with Crippen LogP contribution in [0.5, 0.6) is 5.75 Å². The van der Waals surface area contributed by atoms with E-state index in [1.807, 2.05) is 0 Å². The number of aromatic nitrogens is 1. The van der Waals surface area contributed by atoms with E-state index in [1.165, 1.54) is 18.2 Å². The van der Waals surface area contributed by atoms with E-state index >= 15 is 0 Å². The average Bonchev–Trinajstić information content (AvgIpc) is 2.59. The van der Waals surface area contributed by atoms with Gasteiger partial charge in [0.25, 0.3) is 6.43 Å². The molecule has 0 fully saturated rings. The molecule has 1 aliphatic heterocycles. The molecular weight excluding hydrogens is 383 g/mol.